The molecule has 43 heavy (non-hydrogen) atoms. The third kappa shape index (κ3) is 8.57. The summed E-state index contributed by atoms with van der Waals surface area (Å²) >= 11 is 0. The van der Waals surface area contributed by atoms with E-state index in [1.54, 1.807) is 11.0 Å². The number of rotatable bonds is 8. The van der Waals surface area contributed by atoms with E-state index in [9.17, 15) is 13.2 Å². The van der Waals surface area contributed by atoms with Gasteiger partial charge in [-0.1, -0.05) is 49.7 Å². The van der Waals surface area contributed by atoms with Gasteiger partial charge in [0.1, 0.15) is 34.5 Å². The van der Waals surface area contributed by atoms with Crippen molar-refractivity contribution in [2.45, 2.75) is 74.3 Å². The first kappa shape index (κ1) is 31.9. The van der Waals surface area contributed by atoms with Gasteiger partial charge in [0, 0.05) is 43.3 Å². The van der Waals surface area contributed by atoms with Crippen molar-refractivity contribution in [3.05, 3.63) is 72.8 Å². The van der Waals surface area contributed by atoms with E-state index in [1.165, 1.54) is 83.6 Å². The van der Waals surface area contributed by atoms with Crippen molar-refractivity contribution < 1.29 is 22.6 Å². The number of unbranched alkanes of at least 4 members (excludes halogenated alkanes) is 1. The number of benzene rings is 4. The van der Waals surface area contributed by atoms with Crippen molar-refractivity contribution in [2.24, 2.45) is 0 Å². The molecule has 0 atom stereocenters. The van der Waals surface area contributed by atoms with Gasteiger partial charge in [-0.2, -0.15) is 13.2 Å². The zero-order valence-corrected chi connectivity index (χ0v) is 26.7. The van der Waals surface area contributed by atoms with E-state index in [2.05, 4.69) is 43.3 Å². The molecule has 0 N–H and O–H groups in total. The smallest absolute Gasteiger partial charge is 0.422 e. The Bertz CT molecular complexity index is 1460. The SMILES string of the molecule is CCCCOc1ccc([S+]2CCCCC2)c2ccccc12.FC(F)(F)COc1ccc([S+]2CCCCC2)c2ccccc12. The second-order valence-corrected chi connectivity index (χ2v) is 15.7. The van der Waals surface area contributed by atoms with Crippen LogP contribution < -0.4 is 9.47 Å². The minimum absolute atomic E-state index is 0.210. The normalized spacial score (nSPS) is 16.6. The largest absolute Gasteiger partial charge is 0.493 e. The molecule has 7 heteroatoms. The van der Waals surface area contributed by atoms with E-state index in [1.807, 2.05) is 30.3 Å². The molecule has 0 aromatic heterocycles. The van der Waals surface area contributed by atoms with Gasteiger partial charge in [-0.3, -0.25) is 0 Å². The Labute approximate surface area is 260 Å². The molecular formula is C36H43F3O2S2+2. The highest BCUT2D eigenvalue weighted by atomic mass is 32.2. The molecule has 0 aliphatic carbocycles. The van der Waals surface area contributed by atoms with Crippen LogP contribution in [0.2, 0.25) is 0 Å². The third-order valence-electron chi connectivity index (χ3n) is 8.02. The molecule has 0 radical (unpaired) electrons. The topological polar surface area (TPSA) is 18.5 Å². The fourth-order valence-electron chi connectivity index (χ4n) is 5.83. The molecule has 0 unspecified atom stereocenters. The van der Waals surface area contributed by atoms with Crippen LogP contribution in [0.5, 0.6) is 11.5 Å². The predicted octanol–water partition coefficient (Wildman–Crippen LogP) is 10.1. The first-order valence-corrected chi connectivity index (χ1v) is 18.8. The number of fused-ring (bicyclic) bond motifs is 2. The molecule has 2 saturated heterocycles. The van der Waals surface area contributed by atoms with E-state index >= 15 is 0 Å². The van der Waals surface area contributed by atoms with Crippen LogP contribution in [0.3, 0.4) is 0 Å². The summed E-state index contributed by atoms with van der Waals surface area (Å²) in [5.74, 6) is 6.50. The second-order valence-electron chi connectivity index (χ2n) is 11.2. The molecule has 6 rings (SSSR count). The molecule has 0 bridgehead atoms. The average molecular weight is 629 g/mol. The number of halogens is 3. The Hall–Kier alpha value is -2.51. The average Bonchev–Trinajstić information content (AvgIpc) is 3.04. The second kappa shape index (κ2) is 15.5. The molecule has 0 saturated carbocycles. The summed E-state index contributed by atoms with van der Waals surface area (Å²) in [5, 5.41) is 4.52. The van der Waals surface area contributed by atoms with Crippen molar-refractivity contribution in [3.8, 4) is 11.5 Å². The van der Waals surface area contributed by atoms with E-state index in [0.29, 0.717) is 16.6 Å². The minimum Gasteiger partial charge on any atom is -0.493 e. The van der Waals surface area contributed by atoms with Crippen molar-refractivity contribution in [3.63, 3.8) is 0 Å². The predicted molar refractivity (Wildman–Crippen MR) is 178 cm³/mol. The van der Waals surface area contributed by atoms with Crippen LogP contribution >= 0.6 is 0 Å². The molecule has 4 aromatic carbocycles. The zero-order valence-electron chi connectivity index (χ0n) is 25.1. The van der Waals surface area contributed by atoms with E-state index in [0.717, 1.165) is 29.5 Å². The van der Waals surface area contributed by atoms with Crippen molar-refractivity contribution in [1.82, 2.24) is 0 Å². The minimum atomic E-state index is -4.31. The van der Waals surface area contributed by atoms with Gasteiger partial charge in [0.25, 0.3) is 0 Å². The molecule has 4 aromatic rings. The molecule has 0 amide bonds. The van der Waals surface area contributed by atoms with Crippen LogP contribution in [0.4, 0.5) is 13.2 Å². The molecule has 2 nitrogen and oxygen atoms in total. The van der Waals surface area contributed by atoms with Gasteiger partial charge in [-0.15, -0.1) is 0 Å². The van der Waals surface area contributed by atoms with Crippen LogP contribution in [-0.2, 0) is 21.8 Å². The first-order chi connectivity index (χ1) is 20.9. The Morgan fingerprint density at radius 1 is 0.581 bits per heavy atom. The Balaban J connectivity index is 0.000000171. The lowest BCUT2D eigenvalue weighted by molar-refractivity contribution is -0.153. The maximum Gasteiger partial charge on any atom is 0.422 e. The summed E-state index contributed by atoms with van der Waals surface area (Å²) in [5.41, 5.74) is 0. The van der Waals surface area contributed by atoms with Crippen LogP contribution in [0.25, 0.3) is 21.5 Å². The van der Waals surface area contributed by atoms with E-state index < -0.39 is 12.8 Å². The number of hydrogen-bond donors (Lipinski definition) is 0. The standard InChI is InChI=1S/C19H25OS.C17H18F3OS/c1-2-3-13-20-18-11-12-19(21-14-7-4-8-15-21)17-10-6-5-9-16(17)18;18-17(19,20)12-21-15-8-9-16(22-10-4-1-5-11-22)14-7-3-2-6-13(14)15/h5-6,9-12H,2-4,7-8,13-15H2,1H3;2-3,6-9H,1,4-5,10-12H2/q2*+1. The van der Waals surface area contributed by atoms with Crippen LogP contribution in [0, 0.1) is 0 Å². The number of alkyl halides is 3. The summed E-state index contributed by atoms with van der Waals surface area (Å²) in [6.07, 6.45) is 5.96. The van der Waals surface area contributed by atoms with Crippen molar-refractivity contribution in [2.75, 3.05) is 36.2 Å². The summed E-state index contributed by atoms with van der Waals surface area (Å²) in [4.78, 5) is 2.84. The van der Waals surface area contributed by atoms with Gasteiger partial charge < -0.3 is 9.47 Å². The fraction of sp³-hybridized carbons (Fsp3) is 0.444. The highest BCUT2D eigenvalue weighted by Gasteiger charge is 2.31. The van der Waals surface area contributed by atoms with Crippen molar-refractivity contribution in [1.29, 1.82) is 0 Å². The lowest BCUT2D eigenvalue weighted by Gasteiger charge is -2.17. The zero-order chi connectivity index (χ0) is 30.1. The molecule has 0 spiro atoms. The molecule has 2 heterocycles. The van der Waals surface area contributed by atoms with Crippen LogP contribution in [0.15, 0.2) is 82.6 Å². The van der Waals surface area contributed by atoms with Crippen LogP contribution in [0.1, 0.15) is 58.3 Å². The van der Waals surface area contributed by atoms with Gasteiger partial charge in [-0.05, 0) is 81.3 Å². The van der Waals surface area contributed by atoms with Gasteiger partial charge in [-0.25, -0.2) is 0 Å². The van der Waals surface area contributed by atoms with Crippen LogP contribution in [-0.4, -0.2) is 42.4 Å². The van der Waals surface area contributed by atoms with Gasteiger partial charge in [0.15, 0.2) is 16.4 Å². The summed E-state index contributed by atoms with van der Waals surface area (Å²) in [6.45, 7) is 1.78. The van der Waals surface area contributed by atoms with Crippen molar-refractivity contribution >= 4 is 43.3 Å². The Kier molecular flexibility index (Phi) is 11.5. The fourth-order valence-corrected chi connectivity index (χ4v) is 10.8. The summed E-state index contributed by atoms with van der Waals surface area (Å²) in [7, 11) is 0.657. The first-order valence-electron chi connectivity index (χ1n) is 15.7. The maximum absolute atomic E-state index is 12.4. The lowest BCUT2D eigenvalue weighted by Crippen LogP contribution is -2.20. The van der Waals surface area contributed by atoms with Gasteiger partial charge >= 0.3 is 6.18 Å². The molecular weight excluding hydrogens is 586 g/mol. The van der Waals surface area contributed by atoms with E-state index in [4.69, 9.17) is 9.47 Å². The number of hydrogen-bond acceptors (Lipinski definition) is 2. The molecule has 2 fully saturated rings. The van der Waals surface area contributed by atoms with Gasteiger partial charge in [0.2, 0.25) is 0 Å². The van der Waals surface area contributed by atoms with E-state index in [-0.39, 0.29) is 10.9 Å². The highest BCUT2D eigenvalue weighted by Crippen LogP contribution is 2.36. The maximum atomic E-state index is 12.4. The molecule has 230 valence electrons. The Morgan fingerprint density at radius 2 is 1.02 bits per heavy atom. The third-order valence-corrected chi connectivity index (χ3v) is 13.1. The molecule has 2 aliphatic heterocycles. The number of ether oxygens (including phenoxy) is 2. The molecule has 2 aliphatic rings. The highest BCUT2D eigenvalue weighted by molar-refractivity contribution is 7.97. The Morgan fingerprint density at radius 3 is 1.47 bits per heavy atom. The summed E-state index contributed by atoms with van der Waals surface area (Å²) < 4.78 is 48.2. The lowest BCUT2D eigenvalue weighted by atomic mass is 10.1. The summed E-state index contributed by atoms with van der Waals surface area (Å²) in [6, 6.07) is 24.6. The monoisotopic (exact) mass is 628 g/mol. The quantitative estimate of drug-likeness (QED) is 0.143. The van der Waals surface area contributed by atoms with Gasteiger partial charge in [0.05, 0.1) is 6.61 Å².